The van der Waals surface area contributed by atoms with Crippen LogP contribution in [-0.4, -0.2) is 62.9 Å². The maximum atomic E-state index is 13.1. The second-order valence-corrected chi connectivity index (χ2v) is 9.89. The van der Waals surface area contributed by atoms with Crippen molar-refractivity contribution in [2.24, 2.45) is 0 Å². The zero-order valence-corrected chi connectivity index (χ0v) is 18.7. The molecule has 1 unspecified atom stereocenters. The van der Waals surface area contributed by atoms with E-state index in [4.69, 9.17) is 9.47 Å². The Morgan fingerprint density at radius 2 is 1.58 bits per heavy atom. The van der Waals surface area contributed by atoms with Crippen molar-refractivity contribution in [2.45, 2.75) is 37.2 Å². The summed E-state index contributed by atoms with van der Waals surface area (Å²) in [6, 6.07) is 12.5. The number of fused-ring (bicyclic) bond motifs is 1. The topological polar surface area (TPSA) is 76.2 Å². The molecule has 31 heavy (non-hydrogen) atoms. The van der Waals surface area contributed by atoms with E-state index in [-0.39, 0.29) is 19.0 Å². The molecule has 8 heteroatoms. The Hall–Kier alpha value is -2.58. The molecule has 166 valence electrons. The largest absolute Gasteiger partial charge is 0.497 e. The first-order valence-corrected chi connectivity index (χ1v) is 12.0. The summed E-state index contributed by atoms with van der Waals surface area (Å²) in [6.45, 7) is 2.96. The van der Waals surface area contributed by atoms with Crippen molar-refractivity contribution in [3.63, 3.8) is 0 Å². The van der Waals surface area contributed by atoms with Gasteiger partial charge in [-0.3, -0.25) is 4.79 Å². The fraction of sp³-hybridized carbons (Fsp3) is 0.435. The lowest BCUT2D eigenvalue weighted by atomic mass is 10.1. The minimum absolute atomic E-state index is 0.148. The van der Waals surface area contributed by atoms with E-state index in [0.29, 0.717) is 29.5 Å². The lowest BCUT2D eigenvalue weighted by molar-refractivity contribution is -0.139. The van der Waals surface area contributed by atoms with Crippen molar-refractivity contribution in [2.75, 3.05) is 33.3 Å². The molecule has 4 rings (SSSR count). The third-order valence-electron chi connectivity index (χ3n) is 5.98. The highest BCUT2D eigenvalue weighted by atomic mass is 32.2. The Morgan fingerprint density at radius 3 is 2.26 bits per heavy atom. The predicted molar refractivity (Wildman–Crippen MR) is 117 cm³/mol. The van der Waals surface area contributed by atoms with E-state index in [2.05, 4.69) is 0 Å². The summed E-state index contributed by atoms with van der Waals surface area (Å²) < 4.78 is 38.5. The zero-order chi connectivity index (χ0) is 22.0. The Kier molecular flexibility index (Phi) is 6.20. The molecule has 1 saturated heterocycles. The van der Waals surface area contributed by atoms with E-state index in [1.165, 1.54) is 9.87 Å². The second kappa shape index (κ2) is 8.88. The van der Waals surface area contributed by atoms with Gasteiger partial charge in [0.2, 0.25) is 10.0 Å². The van der Waals surface area contributed by atoms with Gasteiger partial charge in [-0.2, -0.15) is 4.31 Å². The smallest absolute Gasteiger partial charge is 0.263 e. The first-order valence-electron chi connectivity index (χ1n) is 10.6. The number of amides is 1. The number of nitrogens with zero attached hydrogens (tertiary/aromatic N) is 2. The molecule has 0 N–H and O–H groups in total. The quantitative estimate of drug-likeness (QED) is 0.684. The number of benzene rings is 2. The molecule has 0 aromatic heterocycles. The molecule has 0 bridgehead atoms. The van der Waals surface area contributed by atoms with Crippen molar-refractivity contribution in [3.8, 4) is 11.5 Å². The highest BCUT2D eigenvalue weighted by molar-refractivity contribution is 7.89. The molecule has 1 atom stereocenters. The van der Waals surface area contributed by atoms with Crippen LogP contribution in [0.1, 0.15) is 24.5 Å². The third kappa shape index (κ3) is 4.55. The van der Waals surface area contributed by atoms with Crippen molar-refractivity contribution in [3.05, 3.63) is 53.6 Å². The molecule has 2 aromatic carbocycles. The highest BCUT2D eigenvalue weighted by Crippen LogP contribution is 2.27. The van der Waals surface area contributed by atoms with Gasteiger partial charge in [-0.15, -0.1) is 0 Å². The van der Waals surface area contributed by atoms with Crippen LogP contribution in [0, 0.1) is 0 Å². The summed E-state index contributed by atoms with van der Waals surface area (Å²) in [7, 11) is -1.97. The summed E-state index contributed by atoms with van der Waals surface area (Å²) in [5.41, 5.74) is 2.39. The van der Waals surface area contributed by atoms with Gasteiger partial charge < -0.3 is 14.4 Å². The molecule has 0 radical (unpaired) electrons. The van der Waals surface area contributed by atoms with Crippen LogP contribution < -0.4 is 9.47 Å². The lowest BCUT2D eigenvalue weighted by Gasteiger charge is -2.35. The first kappa shape index (κ1) is 21.6. The number of hydrogen-bond donors (Lipinski definition) is 0. The summed E-state index contributed by atoms with van der Waals surface area (Å²) in [6.07, 6.45) is 2.38. The van der Waals surface area contributed by atoms with Crippen LogP contribution in [0.2, 0.25) is 0 Å². The SMILES string of the molecule is COc1ccc(OC(C)C(=O)N2CCN(S(=O)(=O)c3ccc4c(c3)CCC4)CC2)cc1. The number of methoxy groups -OCH3 is 1. The number of sulfonamides is 1. The molecular formula is C23H28N2O5S. The maximum Gasteiger partial charge on any atom is 0.263 e. The molecule has 7 nitrogen and oxygen atoms in total. The van der Waals surface area contributed by atoms with Crippen molar-refractivity contribution in [1.29, 1.82) is 0 Å². The summed E-state index contributed by atoms with van der Waals surface area (Å²) in [4.78, 5) is 14.8. The molecule has 0 saturated carbocycles. The predicted octanol–water partition coefficient (Wildman–Crippen LogP) is 2.48. The van der Waals surface area contributed by atoms with Crippen molar-refractivity contribution in [1.82, 2.24) is 9.21 Å². The van der Waals surface area contributed by atoms with Crippen molar-refractivity contribution < 1.29 is 22.7 Å². The zero-order valence-electron chi connectivity index (χ0n) is 17.9. The van der Waals surface area contributed by atoms with Gasteiger partial charge in [0.05, 0.1) is 12.0 Å². The van der Waals surface area contributed by atoms with Gasteiger partial charge in [0.1, 0.15) is 11.5 Å². The van der Waals surface area contributed by atoms with Gasteiger partial charge in [0.15, 0.2) is 6.10 Å². The van der Waals surface area contributed by atoms with E-state index in [1.54, 1.807) is 49.3 Å². The van der Waals surface area contributed by atoms with E-state index in [1.807, 2.05) is 12.1 Å². The van der Waals surface area contributed by atoms with Crippen LogP contribution in [0.4, 0.5) is 0 Å². The van der Waals surface area contributed by atoms with Gasteiger partial charge in [0, 0.05) is 26.2 Å². The van der Waals surface area contributed by atoms with Gasteiger partial charge in [-0.05, 0) is 73.7 Å². The number of aryl methyl sites for hydroxylation is 2. The fourth-order valence-corrected chi connectivity index (χ4v) is 5.65. The Balaban J connectivity index is 1.35. The molecule has 2 aliphatic rings. The number of carbonyl (C=O) groups excluding carboxylic acids is 1. The van der Waals surface area contributed by atoms with Crippen LogP contribution in [0.25, 0.3) is 0 Å². The number of piperazine rings is 1. The monoisotopic (exact) mass is 444 g/mol. The minimum Gasteiger partial charge on any atom is -0.497 e. The van der Waals surface area contributed by atoms with Gasteiger partial charge in [0.25, 0.3) is 5.91 Å². The number of carbonyl (C=O) groups is 1. The third-order valence-corrected chi connectivity index (χ3v) is 7.87. The summed E-state index contributed by atoms with van der Waals surface area (Å²) in [5, 5.41) is 0. The number of hydrogen-bond acceptors (Lipinski definition) is 5. The molecule has 1 aliphatic carbocycles. The molecule has 0 spiro atoms. The van der Waals surface area contributed by atoms with Crippen LogP contribution in [0.15, 0.2) is 47.4 Å². The minimum atomic E-state index is -3.56. The standard InChI is InChI=1S/C23H28N2O5S/c1-17(30-21-9-7-20(29-2)8-10-21)23(26)24-12-14-25(15-13-24)31(27,28)22-11-6-18-4-3-5-19(18)16-22/h6-11,16-17H,3-5,12-15H2,1-2H3. The van der Waals surface area contributed by atoms with E-state index >= 15 is 0 Å². The summed E-state index contributed by atoms with van der Waals surface area (Å²) in [5.74, 6) is 1.15. The van der Waals surface area contributed by atoms with Crippen LogP contribution in [-0.2, 0) is 27.7 Å². The van der Waals surface area contributed by atoms with Crippen LogP contribution in [0.3, 0.4) is 0 Å². The van der Waals surface area contributed by atoms with Gasteiger partial charge in [-0.25, -0.2) is 8.42 Å². The fourth-order valence-electron chi connectivity index (χ4n) is 4.17. The summed E-state index contributed by atoms with van der Waals surface area (Å²) >= 11 is 0. The molecule has 1 aliphatic heterocycles. The lowest BCUT2D eigenvalue weighted by Crippen LogP contribution is -2.53. The van der Waals surface area contributed by atoms with Gasteiger partial charge >= 0.3 is 0 Å². The number of ether oxygens (including phenoxy) is 2. The Labute approximate surface area is 183 Å². The van der Waals surface area contributed by atoms with E-state index in [9.17, 15) is 13.2 Å². The van der Waals surface area contributed by atoms with Crippen LogP contribution in [0.5, 0.6) is 11.5 Å². The van der Waals surface area contributed by atoms with Gasteiger partial charge in [-0.1, -0.05) is 6.07 Å². The molecule has 2 aromatic rings. The molecule has 1 fully saturated rings. The van der Waals surface area contributed by atoms with E-state index in [0.717, 1.165) is 24.8 Å². The molecule has 1 amide bonds. The Morgan fingerprint density at radius 1 is 0.935 bits per heavy atom. The first-order chi connectivity index (χ1) is 14.9. The average Bonchev–Trinajstić information content (AvgIpc) is 3.27. The normalized spacial score (nSPS) is 17.8. The van der Waals surface area contributed by atoms with Crippen LogP contribution >= 0.6 is 0 Å². The van der Waals surface area contributed by atoms with E-state index < -0.39 is 16.1 Å². The maximum absolute atomic E-state index is 13.1. The Bertz CT molecular complexity index is 1040. The molecule has 1 heterocycles. The second-order valence-electron chi connectivity index (χ2n) is 7.95. The molecular weight excluding hydrogens is 416 g/mol. The number of rotatable bonds is 6. The highest BCUT2D eigenvalue weighted by Gasteiger charge is 2.32. The average molecular weight is 445 g/mol. The van der Waals surface area contributed by atoms with Crippen molar-refractivity contribution >= 4 is 15.9 Å².